The largest absolute Gasteiger partial charge is 0.467 e. The molecule has 0 saturated heterocycles. The standard InChI is InChI=1S/C29H27F17O4Si/c1-21(2,3)51(18-13-9-6-10-14-18,50-19(20(47)48-4)17-11-7-5-8-12-17)49-16-15-22(30,31)23(32,33)24(34,35)25(36,37)26(38,39)27(40,41)28(42,43)29(44,45)46/h5-14,19H,15-16H2,1-4H3/t19-,51?/m1/s1. The van der Waals surface area contributed by atoms with Gasteiger partial charge in [-0.2, -0.15) is 74.6 Å². The molecule has 0 heterocycles. The summed E-state index contributed by atoms with van der Waals surface area (Å²) in [6.07, 6.45) is -12.4. The van der Waals surface area contributed by atoms with Crippen molar-refractivity contribution in [1.82, 2.24) is 0 Å². The Bertz CT molecular complexity index is 1480. The van der Waals surface area contributed by atoms with E-state index in [1.165, 1.54) is 81.4 Å². The van der Waals surface area contributed by atoms with Crippen molar-refractivity contribution in [1.29, 1.82) is 0 Å². The van der Waals surface area contributed by atoms with E-state index < -0.39 is 86.3 Å². The molecular formula is C29H27F17O4Si. The predicted molar refractivity (Wildman–Crippen MR) is 145 cm³/mol. The number of alkyl halides is 17. The molecule has 51 heavy (non-hydrogen) atoms. The Morgan fingerprint density at radius 3 is 1.39 bits per heavy atom. The lowest BCUT2D eigenvalue weighted by Crippen LogP contribution is -2.74. The molecule has 1 unspecified atom stereocenters. The minimum absolute atomic E-state index is 0.0401. The number of halogens is 17. The van der Waals surface area contributed by atoms with Crippen molar-refractivity contribution in [2.24, 2.45) is 0 Å². The third kappa shape index (κ3) is 7.27. The van der Waals surface area contributed by atoms with Gasteiger partial charge in [0.1, 0.15) is 0 Å². The van der Waals surface area contributed by atoms with Crippen molar-refractivity contribution in [3.8, 4) is 0 Å². The zero-order valence-corrected chi connectivity index (χ0v) is 27.3. The van der Waals surface area contributed by atoms with Crippen molar-refractivity contribution < 1.29 is 93.0 Å². The molecule has 2 aromatic carbocycles. The maximum absolute atomic E-state index is 14.8. The van der Waals surface area contributed by atoms with Crippen molar-refractivity contribution in [2.75, 3.05) is 13.7 Å². The number of hydrogen-bond donors (Lipinski definition) is 0. The van der Waals surface area contributed by atoms with Crippen LogP contribution in [0.1, 0.15) is 38.9 Å². The average Bonchev–Trinajstić information content (AvgIpc) is 3.01. The molecule has 2 rings (SSSR count). The number of methoxy groups -OCH3 is 1. The van der Waals surface area contributed by atoms with Gasteiger partial charge in [0.15, 0.2) is 6.10 Å². The van der Waals surface area contributed by atoms with E-state index >= 15 is 0 Å². The number of benzene rings is 2. The Morgan fingerprint density at radius 2 is 1.00 bits per heavy atom. The van der Waals surface area contributed by atoms with Gasteiger partial charge < -0.3 is 13.6 Å². The van der Waals surface area contributed by atoms with Crippen LogP contribution < -0.4 is 5.19 Å². The smallest absolute Gasteiger partial charge is 0.460 e. The van der Waals surface area contributed by atoms with Crippen LogP contribution in [0.2, 0.25) is 5.04 Å². The maximum atomic E-state index is 14.8. The molecule has 0 fully saturated rings. The first-order valence-electron chi connectivity index (χ1n) is 14.0. The lowest BCUT2D eigenvalue weighted by Gasteiger charge is -2.44. The molecule has 0 aliphatic carbocycles. The van der Waals surface area contributed by atoms with Crippen molar-refractivity contribution in [3.63, 3.8) is 0 Å². The molecule has 4 nitrogen and oxygen atoms in total. The van der Waals surface area contributed by atoms with Crippen LogP contribution >= 0.6 is 0 Å². The molecule has 0 radical (unpaired) electrons. The average molecular weight is 791 g/mol. The lowest BCUT2D eigenvalue weighted by atomic mass is 9.88. The van der Waals surface area contributed by atoms with Crippen LogP contribution in [0, 0.1) is 0 Å². The SMILES string of the molecule is COC(=O)[C@H](O[Si](OCCC(F)(F)C(F)(F)C(F)(F)C(F)(F)C(F)(F)C(F)(F)C(F)(F)C(F)(F)F)(c1ccccc1)C(C)(C)C)c1ccccc1. The van der Waals surface area contributed by atoms with E-state index in [9.17, 15) is 79.4 Å². The second kappa shape index (κ2) is 14.0. The fourth-order valence-electron chi connectivity index (χ4n) is 4.50. The van der Waals surface area contributed by atoms with Gasteiger partial charge in [-0.15, -0.1) is 0 Å². The Labute approximate surface area is 279 Å². The second-order valence-corrected chi connectivity index (χ2v) is 15.7. The minimum atomic E-state index is -8.73. The minimum Gasteiger partial charge on any atom is -0.467 e. The molecule has 0 saturated carbocycles. The number of carbonyl (C=O) groups excluding carboxylic acids is 1. The third-order valence-corrected chi connectivity index (χ3v) is 11.7. The molecule has 0 aromatic heterocycles. The molecule has 2 atom stereocenters. The highest BCUT2D eigenvalue weighted by Crippen LogP contribution is 2.64. The van der Waals surface area contributed by atoms with Crippen LogP contribution in [-0.4, -0.2) is 75.9 Å². The van der Waals surface area contributed by atoms with Crippen molar-refractivity contribution >= 4 is 19.7 Å². The topological polar surface area (TPSA) is 44.8 Å². The molecule has 22 heteroatoms. The molecular weight excluding hydrogens is 763 g/mol. The van der Waals surface area contributed by atoms with Crippen LogP contribution in [0.5, 0.6) is 0 Å². The van der Waals surface area contributed by atoms with Gasteiger partial charge >= 0.3 is 62.2 Å². The summed E-state index contributed by atoms with van der Waals surface area (Å²) in [7, 11) is -3.75. The van der Waals surface area contributed by atoms with Gasteiger partial charge in [0.05, 0.1) is 7.11 Å². The molecule has 0 spiro atoms. The maximum Gasteiger partial charge on any atom is 0.460 e. The van der Waals surface area contributed by atoms with E-state index in [1.807, 2.05) is 0 Å². The van der Waals surface area contributed by atoms with Crippen molar-refractivity contribution in [2.45, 2.75) is 86.0 Å². The summed E-state index contributed by atoms with van der Waals surface area (Å²) in [6, 6.07) is 13.6. The summed E-state index contributed by atoms with van der Waals surface area (Å²) in [6.45, 7) is 2.06. The molecule has 0 bridgehead atoms. The number of hydrogen-bond acceptors (Lipinski definition) is 4. The summed E-state index contributed by atoms with van der Waals surface area (Å²) >= 11 is 0. The van der Waals surface area contributed by atoms with Gasteiger partial charge in [-0.1, -0.05) is 81.4 Å². The third-order valence-electron chi connectivity index (χ3n) is 7.45. The van der Waals surface area contributed by atoms with Gasteiger partial charge in [0, 0.05) is 18.1 Å². The van der Waals surface area contributed by atoms with E-state index in [2.05, 4.69) is 0 Å². The molecule has 0 aliphatic rings. The van der Waals surface area contributed by atoms with Gasteiger partial charge in [0.2, 0.25) is 0 Å². The van der Waals surface area contributed by atoms with Crippen molar-refractivity contribution in [3.05, 3.63) is 66.2 Å². The van der Waals surface area contributed by atoms with Crippen LogP contribution in [0.3, 0.4) is 0 Å². The zero-order chi connectivity index (χ0) is 39.9. The van der Waals surface area contributed by atoms with E-state index in [1.54, 1.807) is 0 Å². The van der Waals surface area contributed by atoms with Crippen LogP contribution in [0.4, 0.5) is 74.6 Å². The Balaban J connectivity index is 2.62. The predicted octanol–water partition coefficient (Wildman–Crippen LogP) is 9.48. The van der Waals surface area contributed by atoms with Crippen LogP contribution in [-0.2, 0) is 18.4 Å². The Kier molecular flexibility index (Phi) is 12.1. The van der Waals surface area contributed by atoms with Gasteiger partial charge in [0.25, 0.3) is 0 Å². The summed E-state index contributed by atoms with van der Waals surface area (Å²) in [5.74, 6) is -58.4. The quantitative estimate of drug-likeness (QED) is 0.103. The summed E-state index contributed by atoms with van der Waals surface area (Å²) in [5, 5.41) is -1.50. The second-order valence-electron chi connectivity index (χ2n) is 11.9. The molecule has 2 aromatic rings. The highest BCUT2D eigenvalue weighted by molar-refractivity contribution is 6.83. The van der Waals surface area contributed by atoms with E-state index in [-0.39, 0.29) is 10.8 Å². The monoisotopic (exact) mass is 790 g/mol. The zero-order valence-electron chi connectivity index (χ0n) is 26.3. The van der Waals surface area contributed by atoms with Crippen LogP contribution in [0.25, 0.3) is 0 Å². The number of ether oxygens (including phenoxy) is 1. The molecule has 0 aliphatic heterocycles. The summed E-state index contributed by atoms with van der Waals surface area (Å²) in [4.78, 5) is 12.8. The molecule has 0 amide bonds. The van der Waals surface area contributed by atoms with Gasteiger partial charge in [-0.3, -0.25) is 0 Å². The number of esters is 1. The number of carbonyl (C=O) groups is 1. The van der Waals surface area contributed by atoms with Crippen LogP contribution in [0.15, 0.2) is 60.7 Å². The summed E-state index contributed by atoms with van der Waals surface area (Å²) < 4.78 is 250. The molecule has 290 valence electrons. The lowest BCUT2D eigenvalue weighted by molar-refractivity contribution is -0.461. The fraction of sp³-hybridized carbons (Fsp3) is 0.552. The normalized spacial score (nSPS) is 16.4. The highest BCUT2D eigenvalue weighted by Gasteiger charge is 2.95. The first-order chi connectivity index (χ1) is 22.7. The van der Waals surface area contributed by atoms with Gasteiger partial charge in [-0.05, 0) is 10.8 Å². The Morgan fingerprint density at radius 1 is 0.608 bits per heavy atom. The van der Waals surface area contributed by atoms with E-state index in [4.69, 9.17) is 13.6 Å². The fourth-order valence-corrected chi connectivity index (χ4v) is 8.11. The number of rotatable bonds is 15. The first kappa shape index (κ1) is 44.0. The van der Waals surface area contributed by atoms with E-state index in [0.29, 0.717) is 0 Å². The van der Waals surface area contributed by atoms with Gasteiger partial charge in [-0.25, -0.2) is 4.79 Å². The highest BCUT2D eigenvalue weighted by atomic mass is 28.4. The molecule has 0 N–H and O–H groups in total. The van der Waals surface area contributed by atoms with E-state index in [0.717, 1.165) is 7.11 Å². The Hall–Kier alpha value is -3.14. The summed E-state index contributed by atoms with van der Waals surface area (Å²) in [5.41, 5.74) is 0.0533. The first-order valence-corrected chi connectivity index (χ1v) is 15.8.